The van der Waals surface area contributed by atoms with Crippen molar-refractivity contribution in [3.63, 3.8) is 0 Å². The first-order chi connectivity index (χ1) is 15.4. The van der Waals surface area contributed by atoms with Crippen LogP contribution < -0.4 is 10.3 Å². The molecule has 2 aromatic heterocycles. The molecule has 0 radical (unpaired) electrons. The molecule has 2 aromatic carbocycles. The molecule has 9 heteroatoms. The van der Waals surface area contributed by atoms with Crippen molar-refractivity contribution in [1.82, 2.24) is 4.98 Å². The van der Waals surface area contributed by atoms with Gasteiger partial charge in [-0.3, -0.25) is 24.6 Å². The molecule has 8 nitrogen and oxygen atoms in total. The molecule has 1 aliphatic heterocycles. The summed E-state index contributed by atoms with van der Waals surface area (Å²) in [6, 6.07) is 13.0. The number of carbonyl (C=O) groups is 1. The second-order valence-electron chi connectivity index (χ2n) is 7.39. The quantitative estimate of drug-likeness (QED) is 0.329. The zero-order valence-corrected chi connectivity index (χ0v) is 17.4. The number of fused-ring (bicyclic) bond motifs is 2. The van der Waals surface area contributed by atoms with Crippen LogP contribution in [0.4, 0.5) is 11.5 Å². The standard InChI is InChI=1S/C23H14ClN3O5/c1-12-9-17-15(11-16(12)24)21(28)19-20(13-5-4-6-14(10-13)27(30)31)26(23(29)22(19)32-17)18-7-2-3-8-25-18/h2-11,20H,1H3. The third kappa shape index (κ3) is 2.96. The van der Waals surface area contributed by atoms with Crippen LogP contribution >= 0.6 is 11.6 Å². The number of aryl methyl sites for hydroxylation is 1. The third-order valence-electron chi connectivity index (χ3n) is 5.44. The lowest BCUT2D eigenvalue weighted by atomic mass is 9.98. The fraction of sp³-hybridized carbons (Fsp3) is 0.0870. The van der Waals surface area contributed by atoms with Gasteiger partial charge in [-0.1, -0.05) is 29.8 Å². The summed E-state index contributed by atoms with van der Waals surface area (Å²) in [7, 11) is 0. The van der Waals surface area contributed by atoms with Gasteiger partial charge in [0.05, 0.1) is 21.9 Å². The number of nitro groups is 1. The first-order valence-electron chi connectivity index (χ1n) is 9.62. The Kier molecular flexibility index (Phi) is 4.53. The molecule has 0 saturated carbocycles. The summed E-state index contributed by atoms with van der Waals surface area (Å²) in [6.07, 6.45) is 1.52. The molecule has 0 bridgehead atoms. The average Bonchev–Trinajstić information content (AvgIpc) is 3.08. The van der Waals surface area contributed by atoms with E-state index in [0.29, 0.717) is 16.1 Å². The molecule has 0 aliphatic carbocycles. The molecule has 4 aromatic rings. The van der Waals surface area contributed by atoms with E-state index < -0.39 is 22.3 Å². The second kappa shape index (κ2) is 7.28. The minimum atomic E-state index is -0.951. The number of pyridine rings is 1. The summed E-state index contributed by atoms with van der Waals surface area (Å²) in [5.41, 5.74) is 0.837. The molecule has 1 unspecified atom stereocenters. The van der Waals surface area contributed by atoms with Gasteiger partial charge >= 0.3 is 0 Å². The van der Waals surface area contributed by atoms with Crippen LogP contribution in [0.1, 0.15) is 33.3 Å². The predicted molar refractivity (Wildman–Crippen MR) is 118 cm³/mol. The van der Waals surface area contributed by atoms with Crippen molar-refractivity contribution in [1.29, 1.82) is 0 Å². The normalized spacial score (nSPS) is 15.2. The van der Waals surface area contributed by atoms with Crippen molar-refractivity contribution in [3.05, 3.63) is 109 Å². The van der Waals surface area contributed by atoms with E-state index in [-0.39, 0.29) is 33.8 Å². The van der Waals surface area contributed by atoms with E-state index >= 15 is 0 Å². The Morgan fingerprint density at radius 3 is 2.66 bits per heavy atom. The van der Waals surface area contributed by atoms with Gasteiger partial charge in [0.2, 0.25) is 5.76 Å². The zero-order valence-electron chi connectivity index (χ0n) is 16.6. The third-order valence-corrected chi connectivity index (χ3v) is 5.85. The molecule has 158 valence electrons. The Morgan fingerprint density at radius 2 is 1.94 bits per heavy atom. The first kappa shape index (κ1) is 19.9. The number of halogens is 1. The van der Waals surface area contributed by atoms with Crippen LogP contribution in [0.5, 0.6) is 0 Å². The van der Waals surface area contributed by atoms with Gasteiger partial charge in [-0.05, 0) is 42.3 Å². The smallest absolute Gasteiger partial charge is 0.296 e. The van der Waals surface area contributed by atoms with E-state index in [1.165, 1.54) is 35.4 Å². The number of aromatic nitrogens is 1. The molecule has 0 fully saturated rings. The molecule has 3 heterocycles. The molecule has 1 amide bonds. The maximum Gasteiger partial charge on any atom is 0.296 e. The highest BCUT2D eigenvalue weighted by atomic mass is 35.5. The van der Waals surface area contributed by atoms with E-state index in [2.05, 4.69) is 4.98 Å². The summed E-state index contributed by atoms with van der Waals surface area (Å²) in [6.45, 7) is 1.77. The number of anilines is 1. The van der Waals surface area contributed by atoms with E-state index in [1.807, 2.05) is 0 Å². The number of nitrogens with zero attached hydrogens (tertiary/aromatic N) is 3. The summed E-state index contributed by atoms with van der Waals surface area (Å²) < 4.78 is 5.90. The highest BCUT2D eigenvalue weighted by Gasteiger charge is 2.44. The van der Waals surface area contributed by atoms with Gasteiger partial charge < -0.3 is 4.42 Å². The number of non-ortho nitro benzene ring substituents is 1. The fourth-order valence-electron chi connectivity index (χ4n) is 3.95. The Labute approximate surface area is 185 Å². The highest BCUT2D eigenvalue weighted by Crippen LogP contribution is 2.41. The Balaban J connectivity index is 1.84. The summed E-state index contributed by atoms with van der Waals surface area (Å²) in [4.78, 5) is 43.4. The number of nitro benzene ring substituents is 1. The van der Waals surface area contributed by atoms with Crippen molar-refractivity contribution >= 4 is 40.0 Å². The lowest BCUT2D eigenvalue weighted by Crippen LogP contribution is -2.30. The fourth-order valence-corrected chi connectivity index (χ4v) is 4.11. The van der Waals surface area contributed by atoms with Gasteiger partial charge in [0, 0.05) is 23.4 Å². The topological polar surface area (TPSA) is 107 Å². The van der Waals surface area contributed by atoms with E-state index in [4.69, 9.17) is 16.0 Å². The number of benzene rings is 2. The van der Waals surface area contributed by atoms with E-state index in [0.717, 1.165) is 0 Å². The second-order valence-corrected chi connectivity index (χ2v) is 7.80. The highest BCUT2D eigenvalue weighted by molar-refractivity contribution is 6.32. The molecular formula is C23H14ClN3O5. The molecule has 32 heavy (non-hydrogen) atoms. The number of amides is 1. The van der Waals surface area contributed by atoms with Crippen LogP contribution in [0.25, 0.3) is 11.0 Å². The van der Waals surface area contributed by atoms with E-state index in [1.54, 1.807) is 37.3 Å². The molecule has 5 rings (SSSR count). The van der Waals surface area contributed by atoms with Crippen molar-refractivity contribution in [2.24, 2.45) is 0 Å². The Morgan fingerprint density at radius 1 is 1.12 bits per heavy atom. The maximum absolute atomic E-state index is 13.6. The molecule has 0 saturated heterocycles. The monoisotopic (exact) mass is 447 g/mol. The van der Waals surface area contributed by atoms with Gasteiger partial charge in [0.1, 0.15) is 11.4 Å². The van der Waals surface area contributed by atoms with Crippen molar-refractivity contribution < 1.29 is 14.1 Å². The molecule has 0 spiro atoms. The van der Waals surface area contributed by atoms with Crippen LogP contribution in [-0.4, -0.2) is 15.8 Å². The summed E-state index contributed by atoms with van der Waals surface area (Å²) in [5, 5.41) is 12.0. The Hall–Kier alpha value is -4.04. The largest absolute Gasteiger partial charge is 0.450 e. The molecular weight excluding hydrogens is 434 g/mol. The van der Waals surface area contributed by atoms with Crippen molar-refractivity contribution in [3.8, 4) is 0 Å². The van der Waals surface area contributed by atoms with Gasteiger partial charge in [-0.25, -0.2) is 4.98 Å². The molecule has 1 aliphatic rings. The lowest BCUT2D eigenvalue weighted by Gasteiger charge is -2.23. The zero-order chi connectivity index (χ0) is 22.6. The van der Waals surface area contributed by atoms with Crippen LogP contribution in [-0.2, 0) is 0 Å². The number of hydrogen-bond acceptors (Lipinski definition) is 6. The summed E-state index contributed by atoms with van der Waals surface area (Å²) >= 11 is 6.23. The minimum absolute atomic E-state index is 0.0913. The number of rotatable bonds is 3. The molecule has 1 atom stereocenters. The van der Waals surface area contributed by atoms with Crippen LogP contribution in [0.3, 0.4) is 0 Å². The first-order valence-corrected chi connectivity index (χ1v) is 10.0. The van der Waals surface area contributed by atoms with Gasteiger partial charge in [-0.2, -0.15) is 0 Å². The lowest BCUT2D eigenvalue weighted by molar-refractivity contribution is -0.384. The van der Waals surface area contributed by atoms with Crippen LogP contribution in [0, 0.1) is 17.0 Å². The number of carbonyl (C=O) groups excluding carboxylic acids is 1. The maximum atomic E-state index is 13.6. The minimum Gasteiger partial charge on any atom is -0.450 e. The summed E-state index contributed by atoms with van der Waals surface area (Å²) in [5.74, 6) is -0.383. The van der Waals surface area contributed by atoms with E-state index in [9.17, 15) is 19.7 Å². The van der Waals surface area contributed by atoms with Gasteiger partial charge in [0.25, 0.3) is 11.6 Å². The number of hydrogen-bond donors (Lipinski definition) is 0. The SMILES string of the molecule is Cc1cc2oc3c(c(=O)c2cc1Cl)C(c1cccc([N+](=O)[O-])c1)N(c1ccccn1)C3=O. The van der Waals surface area contributed by atoms with Crippen LogP contribution in [0.15, 0.2) is 70.0 Å². The van der Waals surface area contributed by atoms with Crippen LogP contribution in [0.2, 0.25) is 5.02 Å². The van der Waals surface area contributed by atoms with Crippen molar-refractivity contribution in [2.75, 3.05) is 4.90 Å². The average molecular weight is 448 g/mol. The Bertz CT molecular complexity index is 1480. The molecule has 0 N–H and O–H groups in total. The van der Waals surface area contributed by atoms with Gasteiger partial charge in [0.15, 0.2) is 5.43 Å². The predicted octanol–water partition coefficient (Wildman–Crippen LogP) is 4.81. The van der Waals surface area contributed by atoms with Gasteiger partial charge in [-0.15, -0.1) is 0 Å². The van der Waals surface area contributed by atoms with Crippen molar-refractivity contribution in [2.45, 2.75) is 13.0 Å².